The Hall–Kier alpha value is -0.870. The molecule has 0 saturated heterocycles. The molecular formula is C14H27N3O. The molecule has 1 aromatic rings. The molecule has 1 rings (SSSR count). The number of hydrogen-bond acceptors (Lipinski definition) is 3. The third-order valence-corrected chi connectivity index (χ3v) is 3.83. The van der Waals surface area contributed by atoms with Gasteiger partial charge in [-0.3, -0.25) is 4.68 Å². The molecule has 104 valence electrons. The fraction of sp³-hybridized carbons (Fsp3) is 0.786. The van der Waals surface area contributed by atoms with Gasteiger partial charge in [0.25, 0.3) is 0 Å². The van der Waals surface area contributed by atoms with E-state index in [0.29, 0.717) is 18.5 Å². The molecule has 0 radical (unpaired) electrons. The summed E-state index contributed by atoms with van der Waals surface area (Å²) in [5.74, 6) is 0.309. The molecule has 0 amide bonds. The highest BCUT2D eigenvalue weighted by molar-refractivity contribution is 4.82. The maximum absolute atomic E-state index is 10.3. The maximum Gasteiger partial charge on any atom is 0.0768 e. The van der Waals surface area contributed by atoms with Crippen molar-refractivity contribution in [2.24, 2.45) is 5.92 Å². The number of hydrogen-bond donors (Lipinski definition) is 2. The summed E-state index contributed by atoms with van der Waals surface area (Å²) in [6.07, 6.45) is 5.78. The first-order chi connectivity index (χ1) is 8.45. The molecule has 0 aliphatic rings. The predicted molar refractivity (Wildman–Crippen MR) is 74.4 cm³/mol. The van der Waals surface area contributed by atoms with E-state index in [4.69, 9.17) is 0 Å². The molecule has 2 N–H and O–H groups in total. The van der Waals surface area contributed by atoms with Crippen LogP contribution in [0, 0.1) is 5.92 Å². The van der Waals surface area contributed by atoms with Crippen LogP contribution in [0.5, 0.6) is 0 Å². The van der Waals surface area contributed by atoms with E-state index >= 15 is 0 Å². The zero-order valence-corrected chi connectivity index (χ0v) is 12.1. The molecule has 0 spiro atoms. The van der Waals surface area contributed by atoms with Gasteiger partial charge >= 0.3 is 0 Å². The Morgan fingerprint density at radius 3 is 2.72 bits per heavy atom. The van der Waals surface area contributed by atoms with Gasteiger partial charge in [-0.25, -0.2) is 0 Å². The first-order valence-corrected chi connectivity index (χ1v) is 6.89. The van der Waals surface area contributed by atoms with Gasteiger partial charge in [0, 0.05) is 31.5 Å². The lowest BCUT2D eigenvalue weighted by molar-refractivity contribution is 0.00341. The Morgan fingerprint density at radius 1 is 1.44 bits per heavy atom. The molecule has 1 aromatic heterocycles. The topological polar surface area (TPSA) is 50.1 Å². The van der Waals surface area contributed by atoms with Gasteiger partial charge in [-0.05, 0) is 32.3 Å². The summed E-state index contributed by atoms with van der Waals surface area (Å²) in [4.78, 5) is 0. The smallest absolute Gasteiger partial charge is 0.0768 e. The van der Waals surface area contributed by atoms with Crippen LogP contribution in [-0.4, -0.2) is 33.1 Å². The van der Waals surface area contributed by atoms with Crippen LogP contribution in [-0.2, 0) is 6.54 Å². The summed E-state index contributed by atoms with van der Waals surface area (Å²) in [7, 11) is 0. The van der Waals surface area contributed by atoms with E-state index in [2.05, 4.69) is 31.2 Å². The quantitative estimate of drug-likeness (QED) is 0.745. The first-order valence-electron chi connectivity index (χ1n) is 6.89. The lowest BCUT2D eigenvalue weighted by Gasteiger charge is -2.31. The molecule has 0 aliphatic heterocycles. The van der Waals surface area contributed by atoms with Crippen LogP contribution in [0.15, 0.2) is 18.5 Å². The molecule has 0 aromatic carbocycles. The minimum absolute atomic E-state index is 0.309. The van der Waals surface area contributed by atoms with Crippen LogP contribution in [0.1, 0.15) is 40.5 Å². The second-order valence-corrected chi connectivity index (χ2v) is 5.51. The van der Waals surface area contributed by atoms with Crippen LogP contribution < -0.4 is 5.32 Å². The van der Waals surface area contributed by atoms with Crippen molar-refractivity contribution in [3.05, 3.63) is 18.5 Å². The third-order valence-electron chi connectivity index (χ3n) is 3.83. The number of aromatic nitrogens is 2. The zero-order valence-electron chi connectivity index (χ0n) is 12.1. The van der Waals surface area contributed by atoms with Crippen LogP contribution >= 0.6 is 0 Å². The van der Waals surface area contributed by atoms with Gasteiger partial charge < -0.3 is 10.4 Å². The minimum Gasteiger partial charge on any atom is -0.389 e. The van der Waals surface area contributed by atoms with Gasteiger partial charge in [0.15, 0.2) is 0 Å². The average molecular weight is 253 g/mol. The summed E-state index contributed by atoms with van der Waals surface area (Å²) < 4.78 is 1.94. The molecule has 0 fully saturated rings. The molecule has 3 atom stereocenters. The molecule has 0 bridgehead atoms. The van der Waals surface area contributed by atoms with Crippen LogP contribution in [0.2, 0.25) is 0 Å². The monoisotopic (exact) mass is 253 g/mol. The van der Waals surface area contributed by atoms with Crippen LogP contribution in [0.25, 0.3) is 0 Å². The molecule has 1 heterocycles. The second-order valence-electron chi connectivity index (χ2n) is 5.51. The van der Waals surface area contributed by atoms with Gasteiger partial charge in [0.2, 0.25) is 0 Å². The van der Waals surface area contributed by atoms with Crippen molar-refractivity contribution in [3.8, 4) is 0 Å². The zero-order chi connectivity index (χ0) is 13.6. The number of aryl methyl sites for hydroxylation is 1. The van der Waals surface area contributed by atoms with Crippen molar-refractivity contribution in [2.45, 2.75) is 58.7 Å². The van der Waals surface area contributed by atoms with E-state index in [1.807, 2.05) is 23.9 Å². The number of nitrogens with one attached hydrogen (secondary N) is 1. The van der Waals surface area contributed by atoms with E-state index in [0.717, 1.165) is 19.4 Å². The van der Waals surface area contributed by atoms with Gasteiger partial charge in [-0.1, -0.05) is 20.3 Å². The van der Waals surface area contributed by atoms with E-state index < -0.39 is 5.60 Å². The van der Waals surface area contributed by atoms with Gasteiger partial charge in [-0.2, -0.15) is 5.10 Å². The van der Waals surface area contributed by atoms with E-state index in [1.54, 1.807) is 6.20 Å². The summed E-state index contributed by atoms with van der Waals surface area (Å²) in [6, 6.07) is 2.32. The van der Waals surface area contributed by atoms with Crippen LogP contribution in [0.3, 0.4) is 0 Å². The molecular weight excluding hydrogens is 226 g/mol. The maximum atomic E-state index is 10.3. The van der Waals surface area contributed by atoms with E-state index in [1.165, 1.54) is 0 Å². The minimum atomic E-state index is -0.630. The highest BCUT2D eigenvalue weighted by Gasteiger charge is 2.26. The highest BCUT2D eigenvalue weighted by Crippen LogP contribution is 2.19. The van der Waals surface area contributed by atoms with Crippen molar-refractivity contribution in [1.29, 1.82) is 0 Å². The van der Waals surface area contributed by atoms with E-state index in [9.17, 15) is 5.11 Å². The lowest BCUT2D eigenvalue weighted by Crippen LogP contribution is -2.45. The number of aliphatic hydroxyl groups is 1. The number of nitrogens with zero attached hydrogens (tertiary/aromatic N) is 2. The summed E-state index contributed by atoms with van der Waals surface area (Å²) in [5, 5.41) is 17.9. The van der Waals surface area contributed by atoms with Gasteiger partial charge in [0.1, 0.15) is 0 Å². The van der Waals surface area contributed by atoms with E-state index in [-0.39, 0.29) is 0 Å². The van der Waals surface area contributed by atoms with Crippen molar-refractivity contribution in [2.75, 3.05) is 6.54 Å². The molecule has 0 aliphatic carbocycles. The molecule has 3 unspecified atom stereocenters. The van der Waals surface area contributed by atoms with Gasteiger partial charge in [0.05, 0.1) is 5.60 Å². The summed E-state index contributed by atoms with van der Waals surface area (Å²) in [6.45, 7) is 9.82. The normalized spacial score (nSPS) is 18.3. The fourth-order valence-corrected chi connectivity index (χ4v) is 1.86. The Balaban J connectivity index is 2.26. The SMILES string of the molecule is CCC(C)C(C)(O)CNC(C)CCn1cccn1. The average Bonchev–Trinajstić information content (AvgIpc) is 2.86. The Kier molecular flexibility index (Phi) is 5.82. The Labute approximate surface area is 110 Å². The number of rotatable bonds is 8. The Morgan fingerprint density at radius 2 is 2.17 bits per heavy atom. The summed E-state index contributed by atoms with van der Waals surface area (Å²) in [5.41, 5.74) is -0.630. The third kappa shape index (κ3) is 4.78. The van der Waals surface area contributed by atoms with Crippen molar-refractivity contribution < 1.29 is 5.11 Å². The first kappa shape index (κ1) is 15.2. The summed E-state index contributed by atoms with van der Waals surface area (Å²) >= 11 is 0. The standard InChI is InChI=1S/C14H27N3O/c1-5-12(2)14(4,18)11-15-13(3)7-10-17-9-6-8-16-17/h6,8-9,12-13,15,18H,5,7,10-11H2,1-4H3. The largest absolute Gasteiger partial charge is 0.389 e. The molecule has 0 saturated carbocycles. The van der Waals surface area contributed by atoms with Crippen molar-refractivity contribution in [1.82, 2.24) is 15.1 Å². The predicted octanol–water partition coefficient (Wildman–Crippen LogP) is 2.05. The van der Waals surface area contributed by atoms with Crippen molar-refractivity contribution >= 4 is 0 Å². The second kappa shape index (κ2) is 6.90. The van der Waals surface area contributed by atoms with Crippen molar-refractivity contribution in [3.63, 3.8) is 0 Å². The highest BCUT2D eigenvalue weighted by atomic mass is 16.3. The molecule has 4 nitrogen and oxygen atoms in total. The van der Waals surface area contributed by atoms with Crippen LogP contribution in [0.4, 0.5) is 0 Å². The van der Waals surface area contributed by atoms with Gasteiger partial charge in [-0.15, -0.1) is 0 Å². The molecule has 4 heteroatoms. The Bertz CT molecular complexity index is 322. The lowest BCUT2D eigenvalue weighted by atomic mass is 9.88. The fourth-order valence-electron chi connectivity index (χ4n) is 1.86. The molecule has 18 heavy (non-hydrogen) atoms.